The fourth-order valence-corrected chi connectivity index (χ4v) is 2.64. The lowest BCUT2D eigenvalue weighted by Gasteiger charge is -2.31. The normalized spacial score (nSPS) is 19.2. The second-order valence-corrected chi connectivity index (χ2v) is 5.55. The highest BCUT2D eigenvalue weighted by Crippen LogP contribution is 2.18. The van der Waals surface area contributed by atoms with E-state index in [0.717, 1.165) is 38.2 Å². The molecule has 0 spiro atoms. The molecule has 0 bridgehead atoms. The molecule has 1 heterocycles. The van der Waals surface area contributed by atoms with Crippen molar-refractivity contribution in [1.29, 1.82) is 0 Å². The molecule has 1 saturated heterocycles. The summed E-state index contributed by atoms with van der Waals surface area (Å²) in [5, 5.41) is 0. The predicted octanol–water partition coefficient (Wildman–Crippen LogP) is 2.65. The van der Waals surface area contributed by atoms with Crippen LogP contribution in [0.1, 0.15) is 25.3 Å². The minimum atomic E-state index is -0.0540. The number of hydrogen-bond acceptors (Lipinski definition) is 4. The molecule has 0 N–H and O–H groups in total. The van der Waals surface area contributed by atoms with Crippen LogP contribution in [0.2, 0.25) is 0 Å². The minimum absolute atomic E-state index is 0.0260. The molecule has 1 aromatic carbocycles. The molecule has 0 saturated carbocycles. The van der Waals surface area contributed by atoms with E-state index in [1.807, 2.05) is 31.2 Å². The van der Waals surface area contributed by atoms with E-state index in [2.05, 4.69) is 11.8 Å². The Morgan fingerprint density at radius 3 is 2.81 bits per heavy atom. The van der Waals surface area contributed by atoms with Crippen LogP contribution in [0.4, 0.5) is 0 Å². The number of carbonyl (C=O) groups excluding carboxylic acids is 1. The van der Waals surface area contributed by atoms with Gasteiger partial charge in [0.05, 0.1) is 12.5 Å². The second-order valence-electron chi connectivity index (χ2n) is 5.55. The number of hydrogen-bond donors (Lipinski definition) is 0. The number of nitrogens with zero attached hydrogens (tertiary/aromatic N) is 1. The van der Waals surface area contributed by atoms with Gasteiger partial charge in [0.15, 0.2) is 0 Å². The summed E-state index contributed by atoms with van der Waals surface area (Å²) in [4.78, 5) is 14.1. The molecule has 0 unspecified atom stereocenters. The van der Waals surface area contributed by atoms with Gasteiger partial charge in [-0.3, -0.25) is 9.69 Å². The van der Waals surface area contributed by atoms with Gasteiger partial charge in [0.25, 0.3) is 0 Å². The van der Waals surface area contributed by atoms with Crippen molar-refractivity contribution in [3.63, 3.8) is 0 Å². The van der Waals surface area contributed by atoms with Crippen molar-refractivity contribution in [2.24, 2.45) is 5.92 Å². The summed E-state index contributed by atoms with van der Waals surface area (Å²) in [5.41, 5.74) is 1.23. The minimum Gasteiger partial charge on any atom is -0.492 e. The number of rotatable bonds is 6. The topological polar surface area (TPSA) is 38.8 Å². The monoisotopic (exact) mass is 291 g/mol. The average Bonchev–Trinajstić information content (AvgIpc) is 2.50. The highest BCUT2D eigenvalue weighted by molar-refractivity contribution is 5.72. The SMILES string of the molecule is CCOC(=O)[C@H]1CCCN(CCOc2ccc(C)cc2)C1. The molecule has 0 aromatic heterocycles. The first-order valence-electron chi connectivity index (χ1n) is 7.77. The van der Waals surface area contributed by atoms with Crippen LogP contribution >= 0.6 is 0 Å². The molecule has 4 nitrogen and oxygen atoms in total. The number of esters is 1. The van der Waals surface area contributed by atoms with E-state index in [9.17, 15) is 4.79 Å². The highest BCUT2D eigenvalue weighted by atomic mass is 16.5. The second kappa shape index (κ2) is 8.03. The van der Waals surface area contributed by atoms with Crippen molar-refractivity contribution in [3.05, 3.63) is 29.8 Å². The van der Waals surface area contributed by atoms with Gasteiger partial charge in [-0.05, 0) is 45.4 Å². The summed E-state index contributed by atoms with van der Waals surface area (Å²) in [7, 11) is 0. The molecule has 0 radical (unpaired) electrons. The van der Waals surface area contributed by atoms with Crippen LogP contribution in [0.25, 0.3) is 0 Å². The summed E-state index contributed by atoms with van der Waals surface area (Å²) in [5.74, 6) is 0.874. The lowest BCUT2D eigenvalue weighted by molar-refractivity contribution is -0.150. The molecule has 0 amide bonds. The fraction of sp³-hybridized carbons (Fsp3) is 0.588. The molecule has 1 fully saturated rings. The van der Waals surface area contributed by atoms with Gasteiger partial charge in [-0.2, -0.15) is 0 Å². The van der Waals surface area contributed by atoms with Gasteiger partial charge in [-0.15, -0.1) is 0 Å². The molecular formula is C17H25NO3. The first-order chi connectivity index (χ1) is 10.2. The molecule has 2 rings (SSSR count). The van der Waals surface area contributed by atoms with E-state index < -0.39 is 0 Å². The maximum atomic E-state index is 11.8. The Morgan fingerprint density at radius 1 is 1.33 bits per heavy atom. The number of aryl methyl sites for hydroxylation is 1. The van der Waals surface area contributed by atoms with E-state index in [0.29, 0.717) is 13.2 Å². The first kappa shape index (κ1) is 15.8. The molecule has 1 atom stereocenters. The Bertz CT molecular complexity index is 444. The number of benzene rings is 1. The van der Waals surface area contributed by atoms with Crippen molar-refractivity contribution in [3.8, 4) is 5.75 Å². The predicted molar refractivity (Wildman–Crippen MR) is 82.5 cm³/mol. The molecule has 0 aliphatic carbocycles. The van der Waals surface area contributed by atoms with E-state index in [4.69, 9.17) is 9.47 Å². The summed E-state index contributed by atoms with van der Waals surface area (Å²) < 4.78 is 10.9. The lowest BCUT2D eigenvalue weighted by Crippen LogP contribution is -2.41. The van der Waals surface area contributed by atoms with Gasteiger partial charge >= 0.3 is 5.97 Å². The van der Waals surface area contributed by atoms with Crippen molar-refractivity contribution in [1.82, 2.24) is 4.90 Å². The zero-order chi connectivity index (χ0) is 15.1. The molecular weight excluding hydrogens is 266 g/mol. The number of carbonyl (C=O) groups is 1. The van der Waals surface area contributed by atoms with Crippen LogP contribution in [0, 0.1) is 12.8 Å². The van der Waals surface area contributed by atoms with E-state index in [-0.39, 0.29) is 11.9 Å². The standard InChI is InChI=1S/C17H25NO3/c1-3-20-17(19)15-5-4-10-18(13-15)11-12-21-16-8-6-14(2)7-9-16/h6-9,15H,3-5,10-13H2,1-2H3/t15-/m0/s1. The zero-order valence-corrected chi connectivity index (χ0v) is 13.0. The van der Waals surface area contributed by atoms with Crippen molar-refractivity contribution >= 4 is 5.97 Å². The molecule has 21 heavy (non-hydrogen) atoms. The van der Waals surface area contributed by atoms with Gasteiger partial charge in [0.1, 0.15) is 12.4 Å². The molecule has 1 aliphatic heterocycles. The van der Waals surface area contributed by atoms with Gasteiger partial charge in [0.2, 0.25) is 0 Å². The Hall–Kier alpha value is -1.55. The Morgan fingerprint density at radius 2 is 2.10 bits per heavy atom. The maximum Gasteiger partial charge on any atom is 0.310 e. The van der Waals surface area contributed by atoms with Crippen LogP contribution in [0.15, 0.2) is 24.3 Å². The Balaban J connectivity index is 1.72. The fourth-order valence-electron chi connectivity index (χ4n) is 2.64. The quantitative estimate of drug-likeness (QED) is 0.755. The molecule has 1 aromatic rings. The van der Waals surface area contributed by atoms with Crippen molar-refractivity contribution in [2.45, 2.75) is 26.7 Å². The number of piperidine rings is 1. The number of ether oxygens (including phenoxy) is 2. The highest BCUT2D eigenvalue weighted by Gasteiger charge is 2.26. The van der Waals surface area contributed by atoms with Crippen LogP contribution in [-0.4, -0.2) is 43.7 Å². The maximum absolute atomic E-state index is 11.8. The first-order valence-corrected chi connectivity index (χ1v) is 7.77. The largest absolute Gasteiger partial charge is 0.492 e. The van der Waals surface area contributed by atoms with Crippen LogP contribution in [0.3, 0.4) is 0 Å². The lowest BCUT2D eigenvalue weighted by atomic mass is 9.98. The number of likely N-dealkylation sites (tertiary alicyclic amines) is 1. The third-order valence-electron chi connectivity index (χ3n) is 3.82. The van der Waals surface area contributed by atoms with Gasteiger partial charge < -0.3 is 9.47 Å². The van der Waals surface area contributed by atoms with Crippen LogP contribution in [0.5, 0.6) is 5.75 Å². The van der Waals surface area contributed by atoms with E-state index >= 15 is 0 Å². The van der Waals surface area contributed by atoms with Gasteiger partial charge in [-0.1, -0.05) is 17.7 Å². The average molecular weight is 291 g/mol. The van der Waals surface area contributed by atoms with Gasteiger partial charge in [0, 0.05) is 13.1 Å². The Labute approximate surface area is 127 Å². The van der Waals surface area contributed by atoms with Crippen LogP contribution < -0.4 is 4.74 Å². The summed E-state index contributed by atoms with van der Waals surface area (Å²) in [6.07, 6.45) is 1.99. The van der Waals surface area contributed by atoms with Crippen molar-refractivity contribution < 1.29 is 14.3 Å². The van der Waals surface area contributed by atoms with Crippen LogP contribution in [-0.2, 0) is 9.53 Å². The molecule has 1 aliphatic rings. The third-order valence-corrected chi connectivity index (χ3v) is 3.82. The van der Waals surface area contributed by atoms with Gasteiger partial charge in [-0.25, -0.2) is 0 Å². The smallest absolute Gasteiger partial charge is 0.310 e. The molecule has 116 valence electrons. The Kier molecular flexibility index (Phi) is 6.05. The van der Waals surface area contributed by atoms with E-state index in [1.54, 1.807) is 0 Å². The third kappa shape index (κ3) is 5.05. The zero-order valence-electron chi connectivity index (χ0n) is 13.0. The summed E-state index contributed by atoms with van der Waals surface area (Å²) in [6.45, 7) is 7.71. The van der Waals surface area contributed by atoms with Crippen molar-refractivity contribution in [2.75, 3.05) is 32.8 Å². The summed E-state index contributed by atoms with van der Waals surface area (Å²) >= 11 is 0. The summed E-state index contributed by atoms with van der Waals surface area (Å²) in [6, 6.07) is 8.08. The molecule has 4 heteroatoms. The van der Waals surface area contributed by atoms with E-state index in [1.165, 1.54) is 5.56 Å².